The molecule has 5 rings (SSSR count). The van der Waals surface area contributed by atoms with Gasteiger partial charge in [-0.1, -0.05) is 36.4 Å². The van der Waals surface area contributed by atoms with Crippen molar-refractivity contribution in [3.63, 3.8) is 0 Å². The van der Waals surface area contributed by atoms with Crippen LogP contribution in [0.2, 0.25) is 0 Å². The van der Waals surface area contributed by atoms with Crippen molar-refractivity contribution in [3.05, 3.63) is 105 Å². The number of benzene rings is 3. The highest BCUT2D eigenvalue weighted by atomic mass is 16.1. The lowest BCUT2D eigenvalue weighted by atomic mass is 9.96. The van der Waals surface area contributed by atoms with Crippen molar-refractivity contribution in [1.29, 1.82) is 0 Å². The Bertz CT molecular complexity index is 1500. The van der Waals surface area contributed by atoms with E-state index in [0.29, 0.717) is 23.5 Å². The standard InChI is InChI=1S/C31H33N3O2/c1-20-5-10-25(30(35)32-27-12-13-27)17-29(20)24-11-14-28-26(16-24)15-21(2)34(31(28)36)19-23-8-6-22(7-9-23)18-33(3)4/h5-11,14-17,27H,12-13,18-19H2,1-4H3,(H,32,35). The summed E-state index contributed by atoms with van der Waals surface area (Å²) >= 11 is 0. The Labute approximate surface area is 212 Å². The summed E-state index contributed by atoms with van der Waals surface area (Å²) in [6, 6.07) is 22.7. The topological polar surface area (TPSA) is 54.3 Å². The van der Waals surface area contributed by atoms with Crippen molar-refractivity contribution in [2.75, 3.05) is 14.1 Å². The number of hydrogen-bond donors (Lipinski definition) is 1. The molecule has 1 heterocycles. The summed E-state index contributed by atoms with van der Waals surface area (Å²) in [7, 11) is 4.11. The molecule has 0 spiro atoms. The molecule has 3 aromatic carbocycles. The van der Waals surface area contributed by atoms with E-state index < -0.39 is 0 Å². The first-order valence-corrected chi connectivity index (χ1v) is 12.6. The lowest BCUT2D eigenvalue weighted by Crippen LogP contribution is -2.25. The molecule has 0 aliphatic heterocycles. The number of pyridine rings is 1. The molecule has 1 N–H and O–H groups in total. The number of hydrogen-bond acceptors (Lipinski definition) is 3. The van der Waals surface area contributed by atoms with Crippen LogP contribution in [0, 0.1) is 13.8 Å². The van der Waals surface area contributed by atoms with Gasteiger partial charge in [-0.3, -0.25) is 9.59 Å². The highest BCUT2D eigenvalue weighted by molar-refractivity contribution is 5.96. The Kier molecular flexibility index (Phi) is 6.50. The Morgan fingerprint density at radius 1 is 0.944 bits per heavy atom. The van der Waals surface area contributed by atoms with Crippen molar-refractivity contribution in [2.45, 2.75) is 45.8 Å². The molecule has 4 aromatic rings. The van der Waals surface area contributed by atoms with E-state index in [1.807, 2.05) is 41.8 Å². The predicted octanol–water partition coefficient (Wildman–Crippen LogP) is 5.29. The van der Waals surface area contributed by atoms with Gasteiger partial charge in [0, 0.05) is 29.2 Å². The average Bonchev–Trinajstić information content (AvgIpc) is 3.66. The zero-order valence-electron chi connectivity index (χ0n) is 21.5. The lowest BCUT2D eigenvalue weighted by molar-refractivity contribution is 0.0951. The summed E-state index contributed by atoms with van der Waals surface area (Å²) in [5, 5.41) is 4.68. The predicted molar refractivity (Wildman–Crippen MR) is 147 cm³/mol. The van der Waals surface area contributed by atoms with Crippen LogP contribution in [0.4, 0.5) is 0 Å². The van der Waals surface area contributed by atoms with Crippen molar-refractivity contribution < 1.29 is 4.79 Å². The molecule has 1 aliphatic rings. The quantitative estimate of drug-likeness (QED) is 0.392. The molecular formula is C31H33N3O2. The maximum Gasteiger partial charge on any atom is 0.258 e. The monoisotopic (exact) mass is 479 g/mol. The number of aromatic nitrogens is 1. The third-order valence-corrected chi connectivity index (χ3v) is 6.90. The molecule has 0 saturated heterocycles. The summed E-state index contributed by atoms with van der Waals surface area (Å²) < 4.78 is 1.84. The van der Waals surface area contributed by atoms with E-state index in [4.69, 9.17) is 0 Å². The van der Waals surface area contributed by atoms with Gasteiger partial charge in [-0.25, -0.2) is 0 Å². The fourth-order valence-electron chi connectivity index (χ4n) is 4.72. The second-order valence-corrected chi connectivity index (χ2v) is 10.3. The molecule has 5 nitrogen and oxygen atoms in total. The second kappa shape index (κ2) is 9.75. The van der Waals surface area contributed by atoms with Gasteiger partial charge in [-0.15, -0.1) is 0 Å². The molecule has 0 radical (unpaired) electrons. The van der Waals surface area contributed by atoms with E-state index in [1.165, 1.54) is 5.56 Å². The van der Waals surface area contributed by atoms with Crippen molar-refractivity contribution in [3.8, 4) is 11.1 Å². The van der Waals surface area contributed by atoms with E-state index in [0.717, 1.165) is 52.7 Å². The van der Waals surface area contributed by atoms with Gasteiger partial charge in [-0.2, -0.15) is 0 Å². The molecular weight excluding hydrogens is 446 g/mol. The summed E-state index contributed by atoms with van der Waals surface area (Å²) in [5.41, 5.74) is 7.10. The maximum absolute atomic E-state index is 13.4. The lowest BCUT2D eigenvalue weighted by Gasteiger charge is -2.15. The third kappa shape index (κ3) is 5.12. The largest absolute Gasteiger partial charge is 0.349 e. The van der Waals surface area contributed by atoms with Crippen molar-refractivity contribution >= 4 is 16.7 Å². The van der Waals surface area contributed by atoms with Crippen LogP contribution in [0.25, 0.3) is 21.9 Å². The van der Waals surface area contributed by atoms with E-state index >= 15 is 0 Å². The molecule has 5 heteroatoms. The number of amides is 1. The van der Waals surface area contributed by atoms with Crippen LogP contribution in [-0.2, 0) is 13.1 Å². The Morgan fingerprint density at radius 2 is 1.67 bits per heavy atom. The summed E-state index contributed by atoms with van der Waals surface area (Å²) in [5.74, 6) is -0.0204. The van der Waals surface area contributed by atoms with Crippen LogP contribution in [-0.4, -0.2) is 35.5 Å². The number of carbonyl (C=O) groups excluding carboxylic acids is 1. The van der Waals surface area contributed by atoms with Crippen LogP contribution in [0.15, 0.2) is 71.5 Å². The number of fused-ring (bicyclic) bond motifs is 1. The minimum Gasteiger partial charge on any atom is -0.349 e. The Hall–Kier alpha value is -3.70. The van der Waals surface area contributed by atoms with Gasteiger partial charge in [0.2, 0.25) is 0 Å². The van der Waals surface area contributed by atoms with E-state index in [-0.39, 0.29) is 11.5 Å². The zero-order chi connectivity index (χ0) is 25.4. The Morgan fingerprint density at radius 3 is 2.36 bits per heavy atom. The maximum atomic E-state index is 13.4. The number of aryl methyl sites for hydroxylation is 2. The van der Waals surface area contributed by atoms with E-state index in [2.05, 4.69) is 67.6 Å². The van der Waals surface area contributed by atoms with Gasteiger partial charge >= 0.3 is 0 Å². The average molecular weight is 480 g/mol. The Balaban J connectivity index is 1.45. The molecule has 184 valence electrons. The second-order valence-electron chi connectivity index (χ2n) is 10.3. The van der Waals surface area contributed by atoms with Crippen LogP contribution in [0.3, 0.4) is 0 Å². The van der Waals surface area contributed by atoms with Gasteiger partial charge in [-0.05, 0) is 104 Å². The third-order valence-electron chi connectivity index (χ3n) is 6.90. The van der Waals surface area contributed by atoms with Gasteiger partial charge in [0.15, 0.2) is 0 Å². The van der Waals surface area contributed by atoms with Crippen LogP contribution < -0.4 is 10.9 Å². The minimum absolute atomic E-state index is 0.0169. The molecule has 1 aliphatic carbocycles. The highest BCUT2D eigenvalue weighted by Crippen LogP contribution is 2.28. The van der Waals surface area contributed by atoms with E-state index in [9.17, 15) is 9.59 Å². The SMILES string of the molecule is Cc1ccc(C(=O)NC2CC2)cc1-c1ccc2c(=O)n(Cc3ccc(CN(C)C)cc3)c(C)cc2c1. The van der Waals surface area contributed by atoms with E-state index in [1.54, 1.807) is 0 Å². The molecule has 1 fully saturated rings. The number of carbonyl (C=O) groups is 1. The number of rotatable bonds is 7. The van der Waals surface area contributed by atoms with Crippen molar-refractivity contribution in [2.24, 2.45) is 0 Å². The molecule has 1 amide bonds. The zero-order valence-corrected chi connectivity index (χ0v) is 21.5. The molecule has 0 unspecified atom stereocenters. The normalized spacial score (nSPS) is 13.4. The molecule has 36 heavy (non-hydrogen) atoms. The minimum atomic E-state index is -0.0204. The first-order valence-electron chi connectivity index (χ1n) is 12.6. The number of nitrogens with one attached hydrogen (secondary N) is 1. The van der Waals surface area contributed by atoms with Crippen LogP contribution >= 0.6 is 0 Å². The van der Waals surface area contributed by atoms with Gasteiger partial charge in [0.25, 0.3) is 11.5 Å². The number of nitrogens with zero attached hydrogens (tertiary/aromatic N) is 2. The van der Waals surface area contributed by atoms with Crippen LogP contribution in [0.5, 0.6) is 0 Å². The summed E-state index contributed by atoms with van der Waals surface area (Å²) in [6.45, 7) is 5.48. The van der Waals surface area contributed by atoms with Gasteiger partial charge in [0.05, 0.1) is 6.54 Å². The summed E-state index contributed by atoms with van der Waals surface area (Å²) in [6.07, 6.45) is 2.13. The molecule has 1 aromatic heterocycles. The first kappa shape index (κ1) is 24.0. The first-order chi connectivity index (χ1) is 17.3. The van der Waals surface area contributed by atoms with Crippen LogP contribution in [0.1, 0.15) is 45.6 Å². The highest BCUT2D eigenvalue weighted by Gasteiger charge is 2.24. The fraction of sp³-hybridized carbons (Fsp3) is 0.290. The smallest absolute Gasteiger partial charge is 0.258 e. The molecule has 1 saturated carbocycles. The summed E-state index contributed by atoms with van der Waals surface area (Å²) in [4.78, 5) is 28.2. The fourth-order valence-corrected chi connectivity index (χ4v) is 4.72. The molecule has 0 bridgehead atoms. The van der Waals surface area contributed by atoms with Crippen molar-refractivity contribution in [1.82, 2.24) is 14.8 Å². The van der Waals surface area contributed by atoms with Gasteiger partial charge < -0.3 is 14.8 Å². The van der Waals surface area contributed by atoms with Gasteiger partial charge in [0.1, 0.15) is 0 Å². The molecule has 0 atom stereocenters.